The summed E-state index contributed by atoms with van der Waals surface area (Å²) in [6.07, 6.45) is 0. The summed E-state index contributed by atoms with van der Waals surface area (Å²) < 4.78 is 5.14. The van der Waals surface area contributed by atoms with E-state index in [-0.39, 0.29) is 5.91 Å². The highest BCUT2D eigenvalue weighted by molar-refractivity contribution is 6.29. The van der Waals surface area contributed by atoms with Gasteiger partial charge in [-0.25, -0.2) is 0 Å². The van der Waals surface area contributed by atoms with Gasteiger partial charge in [-0.05, 0) is 17.7 Å². The van der Waals surface area contributed by atoms with E-state index in [0.29, 0.717) is 24.2 Å². The maximum atomic E-state index is 11.4. The summed E-state index contributed by atoms with van der Waals surface area (Å²) in [6.45, 7) is 1.77. The highest BCUT2D eigenvalue weighted by atomic mass is 35.5. The normalized spacial score (nSPS) is 17.9. The quantitative estimate of drug-likeness (QED) is 0.732. The van der Waals surface area contributed by atoms with E-state index in [2.05, 4.69) is 5.32 Å². The van der Waals surface area contributed by atoms with Crippen molar-refractivity contribution >= 4 is 23.4 Å². The molecule has 1 N–H and O–H groups in total. The molecule has 5 heteroatoms. The first kappa shape index (κ1) is 8.59. The summed E-state index contributed by atoms with van der Waals surface area (Å²) in [7, 11) is 0. The second-order valence-electron chi connectivity index (χ2n) is 2.80. The van der Waals surface area contributed by atoms with Gasteiger partial charge in [-0.15, -0.1) is 0 Å². The molecule has 0 atom stereocenters. The minimum absolute atomic E-state index is 0.0114. The highest BCUT2D eigenvalue weighted by Crippen LogP contribution is 2.22. The van der Waals surface area contributed by atoms with E-state index in [1.165, 1.54) is 0 Å². The molecule has 1 aliphatic rings. The summed E-state index contributed by atoms with van der Waals surface area (Å²) in [6, 6.07) is 3.33. The molecule has 1 fully saturated rings. The number of piperazine rings is 1. The minimum atomic E-state index is 0.0114. The molecule has 0 radical (unpaired) electrons. The Bertz CT molecular complexity index is 324. The zero-order valence-corrected chi connectivity index (χ0v) is 7.67. The Morgan fingerprint density at radius 1 is 1.54 bits per heavy atom. The number of carbonyl (C=O) groups is 1. The molecular formula is C8H9ClN2O2. The summed E-state index contributed by atoms with van der Waals surface area (Å²) in [5.41, 5.74) is 0. The molecule has 4 nitrogen and oxygen atoms in total. The molecule has 13 heavy (non-hydrogen) atoms. The maximum absolute atomic E-state index is 11.4. The SMILES string of the molecule is O=C1CNCCN1c1ccc(Cl)o1. The van der Waals surface area contributed by atoms with Gasteiger partial charge in [-0.3, -0.25) is 9.69 Å². The third-order valence-corrected chi connectivity index (χ3v) is 2.12. The van der Waals surface area contributed by atoms with Crippen LogP contribution < -0.4 is 10.2 Å². The van der Waals surface area contributed by atoms with Crippen LogP contribution in [0.3, 0.4) is 0 Å². The van der Waals surface area contributed by atoms with E-state index in [9.17, 15) is 4.79 Å². The molecule has 0 bridgehead atoms. The van der Waals surface area contributed by atoms with Crippen molar-refractivity contribution in [2.45, 2.75) is 0 Å². The number of rotatable bonds is 1. The first-order valence-corrected chi connectivity index (χ1v) is 4.41. The van der Waals surface area contributed by atoms with Gasteiger partial charge in [0.15, 0.2) is 5.22 Å². The fourth-order valence-electron chi connectivity index (χ4n) is 1.29. The van der Waals surface area contributed by atoms with Gasteiger partial charge in [0.1, 0.15) is 0 Å². The van der Waals surface area contributed by atoms with E-state index < -0.39 is 0 Å². The lowest BCUT2D eigenvalue weighted by molar-refractivity contribution is -0.118. The standard InChI is InChI=1S/C8H9ClN2O2/c9-6-1-2-8(13-6)11-4-3-10-5-7(11)12/h1-2,10H,3-5H2. The lowest BCUT2D eigenvalue weighted by atomic mass is 10.3. The van der Waals surface area contributed by atoms with Gasteiger partial charge in [0, 0.05) is 19.2 Å². The van der Waals surface area contributed by atoms with Gasteiger partial charge in [0.2, 0.25) is 11.8 Å². The molecular weight excluding hydrogens is 192 g/mol. The largest absolute Gasteiger partial charge is 0.429 e. The van der Waals surface area contributed by atoms with Gasteiger partial charge in [0.25, 0.3) is 0 Å². The summed E-state index contributed by atoms with van der Waals surface area (Å²) in [5, 5.41) is 3.28. The Hall–Kier alpha value is -1.00. The van der Waals surface area contributed by atoms with Crippen LogP contribution in [0.1, 0.15) is 0 Å². The number of carbonyl (C=O) groups excluding carboxylic acids is 1. The Balaban J connectivity index is 2.19. The lowest BCUT2D eigenvalue weighted by Gasteiger charge is -2.24. The third-order valence-electron chi connectivity index (χ3n) is 1.91. The van der Waals surface area contributed by atoms with Crippen molar-refractivity contribution in [3.63, 3.8) is 0 Å². The second kappa shape index (κ2) is 3.40. The van der Waals surface area contributed by atoms with Gasteiger partial charge < -0.3 is 9.73 Å². The van der Waals surface area contributed by atoms with Crippen molar-refractivity contribution in [2.75, 3.05) is 24.5 Å². The number of hydrogen-bond acceptors (Lipinski definition) is 3. The Labute approximate surface area is 80.5 Å². The number of furan rings is 1. The van der Waals surface area contributed by atoms with Crippen molar-refractivity contribution in [2.24, 2.45) is 0 Å². The Kier molecular flexibility index (Phi) is 2.24. The molecule has 1 saturated heterocycles. The van der Waals surface area contributed by atoms with Crippen molar-refractivity contribution in [3.8, 4) is 0 Å². The first-order chi connectivity index (χ1) is 6.27. The molecule has 1 amide bonds. The fraction of sp³-hybridized carbons (Fsp3) is 0.375. The van der Waals surface area contributed by atoms with Crippen molar-refractivity contribution in [3.05, 3.63) is 17.4 Å². The van der Waals surface area contributed by atoms with Crippen molar-refractivity contribution in [1.82, 2.24) is 5.32 Å². The van der Waals surface area contributed by atoms with Crippen LogP contribution >= 0.6 is 11.6 Å². The topological polar surface area (TPSA) is 45.5 Å². The molecule has 1 aliphatic heterocycles. The molecule has 0 saturated carbocycles. The van der Waals surface area contributed by atoms with Crippen LogP contribution in [0.2, 0.25) is 5.22 Å². The van der Waals surface area contributed by atoms with E-state index in [0.717, 1.165) is 6.54 Å². The van der Waals surface area contributed by atoms with Crippen LogP contribution in [0.4, 0.5) is 5.88 Å². The third kappa shape index (κ3) is 1.68. The predicted molar refractivity (Wildman–Crippen MR) is 48.9 cm³/mol. The van der Waals surface area contributed by atoms with E-state index in [4.69, 9.17) is 16.0 Å². The summed E-state index contributed by atoms with van der Waals surface area (Å²) in [5.74, 6) is 0.536. The molecule has 2 rings (SSSR count). The molecule has 0 aromatic carbocycles. The van der Waals surface area contributed by atoms with Gasteiger partial charge in [0.05, 0.1) is 6.54 Å². The second-order valence-corrected chi connectivity index (χ2v) is 3.17. The molecule has 70 valence electrons. The van der Waals surface area contributed by atoms with Crippen LogP contribution in [0.5, 0.6) is 0 Å². The van der Waals surface area contributed by atoms with Gasteiger partial charge >= 0.3 is 0 Å². The van der Waals surface area contributed by atoms with Crippen molar-refractivity contribution in [1.29, 1.82) is 0 Å². The van der Waals surface area contributed by atoms with Crippen LogP contribution in [0, 0.1) is 0 Å². The number of hydrogen-bond donors (Lipinski definition) is 1. The lowest BCUT2D eigenvalue weighted by Crippen LogP contribution is -2.48. The molecule has 1 aromatic rings. The number of halogens is 1. The Morgan fingerprint density at radius 3 is 3.00 bits per heavy atom. The van der Waals surface area contributed by atoms with Gasteiger partial charge in [-0.2, -0.15) is 0 Å². The number of amides is 1. The molecule has 0 aliphatic carbocycles. The molecule has 0 unspecified atom stereocenters. The molecule has 1 aromatic heterocycles. The number of nitrogens with one attached hydrogen (secondary N) is 1. The number of anilines is 1. The van der Waals surface area contributed by atoms with Crippen LogP contribution in [0.15, 0.2) is 16.5 Å². The fourth-order valence-corrected chi connectivity index (χ4v) is 1.43. The van der Waals surface area contributed by atoms with Crippen molar-refractivity contribution < 1.29 is 9.21 Å². The number of nitrogens with zero attached hydrogens (tertiary/aromatic N) is 1. The van der Waals surface area contributed by atoms with Crippen LogP contribution in [0.25, 0.3) is 0 Å². The molecule has 0 spiro atoms. The summed E-state index contributed by atoms with van der Waals surface area (Å²) in [4.78, 5) is 13.0. The zero-order valence-electron chi connectivity index (χ0n) is 6.92. The van der Waals surface area contributed by atoms with Gasteiger partial charge in [-0.1, -0.05) is 0 Å². The van der Waals surface area contributed by atoms with E-state index in [1.807, 2.05) is 0 Å². The average Bonchev–Trinajstić information content (AvgIpc) is 2.53. The highest BCUT2D eigenvalue weighted by Gasteiger charge is 2.21. The summed E-state index contributed by atoms with van der Waals surface area (Å²) >= 11 is 5.61. The monoisotopic (exact) mass is 200 g/mol. The van der Waals surface area contributed by atoms with E-state index >= 15 is 0 Å². The maximum Gasteiger partial charge on any atom is 0.243 e. The predicted octanol–water partition coefficient (Wildman–Crippen LogP) is 0.869. The minimum Gasteiger partial charge on any atom is -0.429 e. The van der Waals surface area contributed by atoms with Crippen LogP contribution in [-0.2, 0) is 4.79 Å². The van der Waals surface area contributed by atoms with Crippen LogP contribution in [-0.4, -0.2) is 25.5 Å². The smallest absolute Gasteiger partial charge is 0.243 e. The zero-order chi connectivity index (χ0) is 9.26. The Morgan fingerprint density at radius 2 is 2.38 bits per heavy atom. The van der Waals surface area contributed by atoms with E-state index in [1.54, 1.807) is 17.0 Å². The first-order valence-electron chi connectivity index (χ1n) is 4.04. The molecule has 2 heterocycles. The average molecular weight is 201 g/mol.